The number of carbonyl (C=O) groups is 2. The van der Waals surface area contributed by atoms with Gasteiger partial charge in [0.2, 0.25) is 11.8 Å². The van der Waals surface area contributed by atoms with Gasteiger partial charge >= 0.3 is 0 Å². The number of anilines is 1. The number of fused-ring (bicyclic) bond motifs is 1. The molecule has 0 spiro atoms. The molecule has 92 valence electrons. The van der Waals surface area contributed by atoms with E-state index in [0.29, 0.717) is 5.69 Å². The highest BCUT2D eigenvalue weighted by Crippen LogP contribution is 2.52. The Bertz CT molecular complexity index is 547. The van der Waals surface area contributed by atoms with Crippen molar-refractivity contribution in [1.82, 2.24) is 0 Å². The van der Waals surface area contributed by atoms with Gasteiger partial charge in [0.25, 0.3) is 0 Å². The van der Waals surface area contributed by atoms with E-state index in [9.17, 15) is 9.59 Å². The van der Waals surface area contributed by atoms with Gasteiger partial charge in [0.1, 0.15) is 0 Å². The van der Waals surface area contributed by atoms with Crippen molar-refractivity contribution >= 4 is 17.5 Å². The normalized spacial score (nSPS) is 32.7. The smallest absolute Gasteiger partial charge is 0.241 e. The van der Waals surface area contributed by atoms with Gasteiger partial charge in [-0.2, -0.15) is 0 Å². The molecular weight excluding hydrogens is 226 g/mol. The summed E-state index contributed by atoms with van der Waals surface area (Å²) in [6.45, 7) is 3.96. The van der Waals surface area contributed by atoms with Gasteiger partial charge in [-0.15, -0.1) is 0 Å². The van der Waals surface area contributed by atoms with E-state index < -0.39 is 0 Å². The first kappa shape index (κ1) is 11.2. The number of rotatable bonds is 1. The van der Waals surface area contributed by atoms with Crippen LogP contribution in [0.1, 0.15) is 13.8 Å². The third-order valence-electron chi connectivity index (χ3n) is 4.12. The maximum absolute atomic E-state index is 12.4. The summed E-state index contributed by atoms with van der Waals surface area (Å²) >= 11 is 0. The number of para-hydroxylation sites is 1. The zero-order chi connectivity index (χ0) is 12.9. The van der Waals surface area contributed by atoms with Crippen LogP contribution in [-0.2, 0) is 9.59 Å². The minimum Gasteiger partial charge on any atom is -0.274 e. The van der Waals surface area contributed by atoms with Crippen LogP contribution in [0.15, 0.2) is 42.0 Å². The maximum Gasteiger partial charge on any atom is 0.241 e. The molecule has 1 saturated carbocycles. The SMILES string of the molecule is C/C=C1\[C@@H](C)[C@H]2C(=O)N(c3ccccc3)C(=O)[C@@H]12. The number of hydrogen-bond acceptors (Lipinski definition) is 2. The third kappa shape index (κ3) is 1.24. The van der Waals surface area contributed by atoms with E-state index in [2.05, 4.69) is 0 Å². The fraction of sp³-hybridized carbons (Fsp3) is 0.333. The van der Waals surface area contributed by atoms with E-state index >= 15 is 0 Å². The molecular formula is C15H15NO2. The average molecular weight is 241 g/mol. The first-order chi connectivity index (χ1) is 8.66. The highest BCUT2D eigenvalue weighted by atomic mass is 16.2. The Hall–Kier alpha value is -1.90. The molecule has 3 heteroatoms. The second kappa shape index (κ2) is 3.80. The Balaban J connectivity index is 2.01. The molecule has 2 aliphatic rings. The molecule has 1 aliphatic carbocycles. The van der Waals surface area contributed by atoms with Crippen molar-refractivity contribution in [1.29, 1.82) is 0 Å². The van der Waals surface area contributed by atoms with Crippen molar-refractivity contribution in [2.24, 2.45) is 17.8 Å². The quantitative estimate of drug-likeness (QED) is 0.559. The Morgan fingerprint density at radius 1 is 1.11 bits per heavy atom. The van der Waals surface area contributed by atoms with Gasteiger partial charge in [0.05, 0.1) is 17.5 Å². The second-order valence-corrected chi connectivity index (χ2v) is 4.93. The zero-order valence-corrected chi connectivity index (χ0v) is 10.5. The van der Waals surface area contributed by atoms with Gasteiger partial charge in [0, 0.05) is 0 Å². The number of allylic oxidation sites excluding steroid dienone is 1. The number of hydrogen-bond donors (Lipinski definition) is 0. The van der Waals surface area contributed by atoms with Crippen molar-refractivity contribution in [2.45, 2.75) is 13.8 Å². The van der Waals surface area contributed by atoms with Gasteiger partial charge in [-0.05, 0) is 25.0 Å². The van der Waals surface area contributed by atoms with E-state index in [4.69, 9.17) is 0 Å². The lowest BCUT2D eigenvalue weighted by Gasteiger charge is -2.37. The van der Waals surface area contributed by atoms with Crippen molar-refractivity contribution in [3.63, 3.8) is 0 Å². The molecule has 0 radical (unpaired) electrons. The summed E-state index contributed by atoms with van der Waals surface area (Å²) in [7, 11) is 0. The summed E-state index contributed by atoms with van der Waals surface area (Å²) in [5, 5.41) is 0. The molecule has 2 fully saturated rings. The molecule has 1 heterocycles. The number of imide groups is 1. The predicted molar refractivity (Wildman–Crippen MR) is 68.8 cm³/mol. The van der Waals surface area contributed by atoms with Crippen LogP contribution in [0, 0.1) is 17.8 Å². The van der Waals surface area contributed by atoms with Crippen LogP contribution >= 0.6 is 0 Å². The van der Waals surface area contributed by atoms with Crippen molar-refractivity contribution < 1.29 is 9.59 Å². The van der Waals surface area contributed by atoms with Gasteiger partial charge in [0.15, 0.2) is 0 Å². The summed E-state index contributed by atoms with van der Waals surface area (Å²) in [4.78, 5) is 26.0. The standard InChI is InChI=1S/C15H15NO2/c1-3-11-9(2)12-13(11)15(18)16(14(12)17)10-7-5-4-6-8-10/h3-9,12-13H,1-2H3/b11-3+/t9-,12-,13+/m1/s1. The number of benzene rings is 1. The molecule has 3 atom stereocenters. The Kier molecular flexibility index (Phi) is 2.37. The third-order valence-corrected chi connectivity index (χ3v) is 4.12. The van der Waals surface area contributed by atoms with Crippen LogP contribution in [0.2, 0.25) is 0 Å². The minimum absolute atomic E-state index is 0.0469. The molecule has 0 unspecified atom stereocenters. The van der Waals surface area contributed by atoms with Crippen molar-refractivity contribution in [3.05, 3.63) is 42.0 Å². The summed E-state index contributed by atoms with van der Waals surface area (Å²) in [5.41, 5.74) is 1.79. The van der Waals surface area contributed by atoms with E-state index in [0.717, 1.165) is 5.57 Å². The molecule has 1 saturated heterocycles. The topological polar surface area (TPSA) is 37.4 Å². The fourth-order valence-electron chi connectivity index (χ4n) is 3.19. The molecule has 1 aromatic rings. The molecule has 0 bridgehead atoms. The maximum atomic E-state index is 12.4. The number of nitrogens with zero attached hydrogens (tertiary/aromatic N) is 1. The fourth-order valence-corrected chi connectivity index (χ4v) is 3.19. The van der Waals surface area contributed by atoms with Crippen LogP contribution in [0.3, 0.4) is 0 Å². The first-order valence-electron chi connectivity index (χ1n) is 6.25. The van der Waals surface area contributed by atoms with Crippen LogP contribution < -0.4 is 4.90 Å². The van der Waals surface area contributed by atoms with E-state index in [1.165, 1.54) is 4.90 Å². The largest absolute Gasteiger partial charge is 0.274 e. The molecule has 3 rings (SSSR count). The van der Waals surface area contributed by atoms with Crippen LogP contribution in [0.25, 0.3) is 0 Å². The zero-order valence-electron chi connectivity index (χ0n) is 10.5. The predicted octanol–water partition coefficient (Wildman–Crippen LogP) is 2.39. The van der Waals surface area contributed by atoms with Gasteiger partial charge in [-0.3, -0.25) is 9.59 Å². The summed E-state index contributed by atoms with van der Waals surface area (Å²) in [5.74, 6) is -0.275. The summed E-state index contributed by atoms with van der Waals surface area (Å²) in [6.07, 6.45) is 1.98. The highest BCUT2D eigenvalue weighted by molar-refractivity contribution is 6.24. The van der Waals surface area contributed by atoms with E-state index in [1.54, 1.807) is 12.1 Å². The van der Waals surface area contributed by atoms with Gasteiger partial charge in [-0.1, -0.05) is 36.8 Å². The van der Waals surface area contributed by atoms with E-state index in [1.807, 2.05) is 38.1 Å². The highest BCUT2D eigenvalue weighted by Gasteiger charge is 2.59. The van der Waals surface area contributed by atoms with Crippen LogP contribution in [0.4, 0.5) is 5.69 Å². The van der Waals surface area contributed by atoms with Crippen molar-refractivity contribution in [3.8, 4) is 0 Å². The summed E-state index contributed by atoms with van der Waals surface area (Å²) < 4.78 is 0. The van der Waals surface area contributed by atoms with Gasteiger partial charge in [-0.25, -0.2) is 4.90 Å². The lowest BCUT2D eigenvalue weighted by molar-refractivity contribution is -0.123. The molecule has 1 aromatic carbocycles. The Labute approximate surface area is 106 Å². The lowest BCUT2D eigenvalue weighted by atomic mass is 9.63. The molecule has 2 amide bonds. The first-order valence-corrected chi connectivity index (χ1v) is 6.25. The monoisotopic (exact) mass is 241 g/mol. The number of carbonyl (C=O) groups excluding carboxylic acids is 2. The molecule has 1 aliphatic heterocycles. The molecule has 3 nitrogen and oxygen atoms in total. The Morgan fingerprint density at radius 3 is 2.39 bits per heavy atom. The molecule has 0 N–H and O–H groups in total. The molecule has 18 heavy (non-hydrogen) atoms. The minimum atomic E-state index is -0.210. The van der Waals surface area contributed by atoms with E-state index in [-0.39, 0.29) is 29.6 Å². The summed E-state index contributed by atoms with van der Waals surface area (Å²) in [6, 6.07) is 9.18. The second-order valence-electron chi connectivity index (χ2n) is 4.93. The number of amides is 2. The van der Waals surface area contributed by atoms with Gasteiger partial charge < -0.3 is 0 Å². The molecule has 0 aromatic heterocycles. The average Bonchev–Trinajstić information content (AvgIpc) is 2.59. The Morgan fingerprint density at radius 2 is 1.78 bits per heavy atom. The van der Waals surface area contributed by atoms with Crippen LogP contribution in [-0.4, -0.2) is 11.8 Å². The van der Waals surface area contributed by atoms with Crippen molar-refractivity contribution in [2.75, 3.05) is 4.90 Å². The van der Waals surface area contributed by atoms with Crippen LogP contribution in [0.5, 0.6) is 0 Å². The lowest BCUT2D eigenvalue weighted by Crippen LogP contribution is -2.39.